The van der Waals surface area contributed by atoms with E-state index in [-0.39, 0.29) is 25.0 Å². The lowest BCUT2D eigenvalue weighted by atomic mass is 10.2. The van der Waals surface area contributed by atoms with Crippen LogP contribution in [-0.4, -0.2) is 46.1 Å². The van der Waals surface area contributed by atoms with Crippen LogP contribution in [0.25, 0.3) is 0 Å². The van der Waals surface area contributed by atoms with Crippen LogP contribution < -0.4 is 21.9 Å². The zero-order valence-corrected chi connectivity index (χ0v) is 16.8. The largest absolute Gasteiger partial charge is 0.454 e. The fourth-order valence-corrected chi connectivity index (χ4v) is 2.53. The molecule has 0 unspecified atom stereocenters. The van der Waals surface area contributed by atoms with Gasteiger partial charge in [-0.2, -0.15) is 0 Å². The van der Waals surface area contributed by atoms with Gasteiger partial charge in [-0.05, 0) is 19.4 Å². The molecule has 0 aliphatic carbocycles. The van der Waals surface area contributed by atoms with Gasteiger partial charge in [-0.1, -0.05) is 30.3 Å². The highest BCUT2D eigenvalue weighted by molar-refractivity contribution is 5.86. The van der Waals surface area contributed by atoms with Gasteiger partial charge in [0.1, 0.15) is 6.54 Å². The maximum atomic E-state index is 12.5. The minimum atomic E-state index is -0.923. The molecule has 2 N–H and O–H groups in total. The summed E-state index contributed by atoms with van der Waals surface area (Å²) in [5.74, 6) is -1.97. The molecule has 10 heteroatoms. The van der Waals surface area contributed by atoms with Crippen LogP contribution in [0, 0.1) is 0 Å². The van der Waals surface area contributed by atoms with Crippen LogP contribution in [-0.2, 0) is 32.2 Å². The van der Waals surface area contributed by atoms with Crippen molar-refractivity contribution < 1.29 is 19.1 Å². The molecule has 1 aromatic carbocycles. The molecule has 0 fully saturated rings. The lowest BCUT2D eigenvalue weighted by molar-refractivity contribution is -0.149. The predicted octanol–water partition coefficient (Wildman–Crippen LogP) is -0.758. The van der Waals surface area contributed by atoms with E-state index < -0.39 is 36.3 Å². The van der Waals surface area contributed by atoms with Crippen LogP contribution in [0.4, 0.5) is 0 Å². The molecule has 1 aromatic heterocycles. The number of hydrogen-bond donors (Lipinski definition) is 2. The Balaban J connectivity index is 1.92. The Labute approximate surface area is 172 Å². The maximum absolute atomic E-state index is 12.5. The van der Waals surface area contributed by atoms with Crippen molar-refractivity contribution in [3.63, 3.8) is 0 Å². The SMILES string of the molecule is CC(C)NC(=O)CNC(=O)COC(=O)Cn1c(=O)ccn(Cc2ccccc2)c1=O. The topological polar surface area (TPSA) is 128 Å². The van der Waals surface area contributed by atoms with E-state index >= 15 is 0 Å². The van der Waals surface area contributed by atoms with E-state index in [1.165, 1.54) is 16.8 Å². The summed E-state index contributed by atoms with van der Waals surface area (Å²) in [5.41, 5.74) is -0.472. The normalized spacial score (nSPS) is 10.5. The monoisotopic (exact) mass is 416 g/mol. The summed E-state index contributed by atoms with van der Waals surface area (Å²) >= 11 is 0. The quantitative estimate of drug-likeness (QED) is 0.517. The van der Waals surface area contributed by atoms with E-state index in [2.05, 4.69) is 10.6 Å². The highest BCUT2D eigenvalue weighted by atomic mass is 16.5. The van der Waals surface area contributed by atoms with Gasteiger partial charge in [0.05, 0.1) is 13.1 Å². The first-order valence-electron chi connectivity index (χ1n) is 9.32. The Morgan fingerprint density at radius 3 is 2.40 bits per heavy atom. The van der Waals surface area contributed by atoms with E-state index in [0.717, 1.165) is 10.1 Å². The fourth-order valence-electron chi connectivity index (χ4n) is 2.53. The van der Waals surface area contributed by atoms with Crippen molar-refractivity contribution in [3.05, 3.63) is 69.0 Å². The fraction of sp³-hybridized carbons (Fsp3) is 0.350. The molecule has 2 rings (SSSR count). The first-order chi connectivity index (χ1) is 14.3. The average molecular weight is 416 g/mol. The number of carbonyl (C=O) groups excluding carboxylic acids is 3. The van der Waals surface area contributed by atoms with Crippen LogP contribution in [0.5, 0.6) is 0 Å². The maximum Gasteiger partial charge on any atom is 0.331 e. The van der Waals surface area contributed by atoms with Crippen LogP contribution in [0.2, 0.25) is 0 Å². The van der Waals surface area contributed by atoms with E-state index in [1.807, 2.05) is 30.3 Å². The summed E-state index contributed by atoms with van der Waals surface area (Å²) in [7, 11) is 0. The number of ether oxygens (including phenoxy) is 1. The molecule has 0 saturated heterocycles. The van der Waals surface area contributed by atoms with Crippen LogP contribution >= 0.6 is 0 Å². The summed E-state index contributed by atoms with van der Waals surface area (Å²) in [6.45, 7) is 2.27. The van der Waals surface area contributed by atoms with Crippen molar-refractivity contribution in [2.75, 3.05) is 13.2 Å². The molecule has 0 spiro atoms. The third-order valence-corrected chi connectivity index (χ3v) is 3.88. The van der Waals surface area contributed by atoms with Gasteiger partial charge in [0.25, 0.3) is 11.5 Å². The highest BCUT2D eigenvalue weighted by Crippen LogP contribution is 1.99. The van der Waals surface area contributed by atoms with Gasteiger partial charge in [0.15, 0.2) is 6.61 Å². The Hall–Kier alpha value is -3.69. The number of esters is 1. The van der Waals surface area contributed by atoms with E-state index in [4.69, 9.17) is 4.74 Å². The molecule has 0 saturated carbocycles. The molecule has 0 aliphatic rings. The molecule has 160 valence electrons. The number of nitrogens with zero attached hydrogens (tertiary/aromatic N) is 2. The molecule has 0 aliphatic heterocycles. The zero-order valence-electron chi connectivity index (χ0n) is 16.8. The smallest absolute Gasteiger partial charge is 0.331 e. The zero-order chi connectivity index (χ0) is 22.1. The van der Waals surface area contributed by atoms with Gasteiger partial charge < -0.3 is 15.4 Å². The van der Waals surface area contributed by atoms with Gasteiger partial charge in [0, 0.05) is 18.3 Å². The van der Waals surface area contributed by atoms with Gasteiger partial charge >= 0.3 is 11.7 Å². The molecular formula is C20H24N4O6. The standard InChI is InChI=1S/C20H24N4O6/c1-14(2)22-16(25)10-21-17(26)13-30-19(28)12-24-18(27)8-9-23(20(24)29)11-15-6-4-3-5-7-15/h3-9,14H,10-13H2,1-2H3,(H,21,26)(H,22,25). The molecule has 2 aromatic rings. The number of aromatic nitrogens is 2. The minimum Gasteiger partial charge on any atom is -0.454 e. The summed E-state index contributed by atoms with van der Waals surface area (Å²) in [4.78, 5) is 59.7. The van der Waals surface area contributed by atoms with Crippen molar-refractivity contribution in [2.24, 2.45) is 0 Å². The number of carbonyl (C=O) groups is 3. The van der Waals surface area contributed by atoms with E-state index in [0.29, 0.717) is 0 Å². The van der Waals surface area contributed by atoms with E-state index in [1.54, 1.807) is 13.8 Å². The number of rotatable bonds is 9. The summed E-state index contributed by atoms with van der Waals surface area (Å²) < 4.78 is 6.83. The number of amides is 2. The molecule has 1 heterocycles. The van der Waals surface area contributed by atoms with Crippen molar-refractivity contribution in [1.82, 2.24) is 19.8 Å². The number of hydrogen-bond acceptors (Lipinski definition) is 6. The number of nitrogens with one attached hydrogen (secondary N) is 2. The first kappa shape index (κ1) is 22.6. The van der Waals surface area contributed by atoms with Crippen LogP contribution in [0.3, 0.4) is 0 Å². The average Bonchev–Trinajstić information content (AvgIpc) is 2.70. The second-order valence-electron chi connectivity index (χ2n) is 6.80. The van der Waals surface area contributed by atoms with Crippen LogP contribution in [0.1, 0.15) is 19.4 Å². The molecule has 0 atom stereocenters. The molecule has 0 radical (unpaired) electrons. The summed E-state index contributed by atoms with van der Waals surface area (Å²) in [6, 6.07) is 10.3. The molecule has 2 amide bonds. The van der Waals surface area contributed by atoms with Gasteiger partial charge in [0.2, 0.25) is 5.91 Å². The Morgan fingerprint density at radius 2 is 1.73 bits per heavy atom. The Bertz CT molecular complexity index is 1010. The lowest BCUT2D eigenvalue weighted by Gasteiger charge is -2.11. The summed E-state index contributed by atoms with van der Waals surface area (Å²) in [6.07, 6.45) is 1.36. The van der Waals surface area contributed by atoms with Crippen molar-refractivity contribution in [3.8, 4) is 0 Å². The minimum absolute atomic E-state index is 0.0673. The van der Waals surface area contributed by atoms with Crippen molar-refractivity contribution >= 4 is 17.8 Å². The molecule has 10 nitrogen and oxygen atoms in total. The van der Waals surface area contributed by atoms with Crippen LogP contribution in [0.15, 0.2) is 52.2 Å². The lowest BCUT2D eigenvalue weighted by Crippen LogP contribution is -2.42. The molecule has 30 heavy (non-hydrogen) atoms. The van der Waals surface area contributed by atoms with Gasteiger partial charge in [-0.25, -0.2) is 9.36 Å². The van der Waals surface area contributed by atoms with E-state index in [9.17, 15) is 24.0 Å². The second kappa shape index (κ2) is 10.7. The van der Waals surface area contributed by atoms with Gasteiger partial charge in [-0.3, -0.25) is 23.7 Å². The van der Waals surface area contributed by atoms with Crippen molar-refractivity contribution in [1.29, 1.82) is 0 Å². The molecular weight excluding hydrogens is 392 g/mol. The molecule has 0 bridgehead atoms. The Kier molecular flexibility index (Phi) is 8.09. The second-order valence-corrected chi connectivity index (χ2v) is 6.80. The third-order valence-electron chi connectivity index (χ3n) is 3.88. The highest BCUT2D eigenvalue weighted by Gasteiger charge is 2.13. The Morgan fingerprint density at radius 1 is 1.03 bits per heavy atom. The number of benzene rings is 1. The third kappa shape index (κ3) is 7.04. The first-order valence-corrected chi connectivity index (χ1v) is 9.32. The van der Waals surface area contributed by atoms with Gasteiger partial charge in [-0.15, -0.1) is 0 Å². The summed E-state index contributed by atoms with van der Waals surface area (Å²) in [5, 5.41) is 4.90. The predicted molar refractivity (Wildman–Crippen MR) is 108 cm³/mol. The van der Waals surface area contributed by atoms with Crippen molar-refractivity contribution in [2.45, 2.75) is 33.0 Å².